The summed E-state index contributed by atoms with van der Waals surface area (Å²) in [5, 5.41) is 7.49. The van der Waals surface area contributed by atoms with Gasteiger partial charge in [-0.2, -0.15) is 5.10 Å². The van der Waals surface area contributed by atoms with Crippen LogP contribution in [0.15, 0.2) is 18.2 Å². The molecule has 1 amide bonds. The minimum absolute atomic E-state index is 0.0811. The largest absolute Gasteiger partial charge is 0.381 e. The summed E-state index contributed by atoms with van der Waals surface area (Å²) in [4.78, 5) is 16.9. The average molecular weight is 344 g/mol. The highest BCUT2D eigenvalue weighted by Gasteiger charge is 2.32. The van der Waals surface area contributed by atoms with Gasteiger partial charge in [0.1, 0.15) is 11.6 Å². The van der Waals surface area contributed by atoms with Crippen LogP contribution in [0.25, 0.3) is 0 Å². The number of halogens is 1. The highest BCUT2D eigenvalue weighted by Crippen LogP contribution is 2.37. The number of carbonyl (C=O) groups is 1. The number of benzene rings is 1. The van der Waals surface area contributed by atoms with E-state index in [-0.39, 0.29) is 30.0 Å². The van der Waals surface area contributed by atoms with Gasteiger partial charge in [0.25, 0.3) is 0 Å². The lowest BCUT2D eigenvalue weighted by atomic mass is 9.89. The number of hydrogen-bond acceptors (Lipinski definition) is 4. The van der Waals surface area contributed by atoms with Gasteiger partial charge in [0, 0.05) is 37.8 Å². The van der Waals surface area contributed by atoms with E-state index < -0.39 is 0 Å². The normalized spacial score (nSPS) is 21.0. The predicted octanol–water partition coefficient (Wildman–Crippen LogP) is 2.81. The van der Waals surface area contributed by atoms with Crippen LogP contribution in [0.1, 0.15) is 55.2 Å². The molecule has 1 unspecified atom stereocenters. The van der Waals surface area contributed by atoms with E-state index in [4.69, 9.17) is 9.72 Å². The Morgan fingerprint density at radius 1 is 1.36 bits per heavy atom. The minimum atomic E-state index is -0.313. The van der Waals surface area contributed by atoms with Gasteiger partial charge in [0.15, 0.2) is 5.82 Å². The van der Waals surface area contributed by atoms with E-state index in [1.807, 2.05) is 11.6 Å². The fourth-order valence-electron chi connectivity index (χ4n) is 3.65. The highest BCUT2D eigenvalue weighted by molar-refractivity contribution is 5.95. The fraction of sp³-hybridized carbons (Fsp3) is 0.500. The van der Waals surface area contributed by atoms with Crippen molar-refractivity contribution >= 4 is 11.6 Å². The standard InChI is InChI=1S/C18H21FN4O2/c1-2-23-18(21-17(22-23)11-5-7-25-8-6-11)14-10-16(24)20-15-4-3-12(19)9-13(14)15/h3-4,9,11,14H,2,5-8,10H2,1H3,(H,20,24). The molecule has 2 aliphatic rings. The van der Waals surface area contributed by atoms with Crippen molar-refractivity contribution in [2.24, 2.45) is 0 Å². The summed E-state index contributed by atoms with van der Waals surface area (Å²) >= 11 is 0. The third-order valence-electron chi connectivity index (χ3n) is 4.97. The van der Waals surface area contributed by atoms with Gasteiger partial charge in [-0.3, -0.25) is 4.79 Å². The van der Waals surface area contributed by atoms with E-state index in [2.05, 4.69) is 10.4 Å². The quantitative estimate of drug-likeness (QED) is 0.930. The van der Waals surface area contributed by atoms with E-state index in [0.29, 0.717) is 12.2 Å². The van der Waals surface area contributed by atoms with Crippen molar-refractivity contribution in [2.75, 3.05) is 18.5 Å². The van der Waals surface area contributed by atoms with E-state index in [9.17, 15) is 9.18 Å². The summed E-state index contributed by atoms with van der Waals surface area (Å²) in [5.74, 6) is 1.16. The number of nitrogens with one attached hydrogen (secondary N) is 1. The van der Waals surface area contributed by atoms with Crippen LogP contribution in [-0.2, 0) is 16.1 Å². The Morgan fingerprint density at radius 2 is 2.16 bits per heavy atom. The van der Waals surface area contributed by atoms with Crippen molar-refractivity contribution in [2.45, 2.75) is 44.6 Å². The van der Waals surface area contributed by atoms with Crippen LogP contribution in [0.5, 0.6) is 0 Å². The SMILES string of the molecule is CCn1nc(C2CCOCC2)nc1C1CC(=O)Nc2ccc(F)cc21. The average Bonchev–Trinajstić information content (AvgIpc) is 3.06. The Labute approximate surface area is 145 Å². The lowest BCUT2D eigenvalue weighted by Crippen LogP contribution is -2.25. The Hall–Kier alpha value is -2.28. The van der Waals surface area contributed by atoms with Gasteiger partial charge in [-0.25, -0.2) is 14.1 Å². The number of carbonyl (C=O) groups excluding carboxylic acids is 1. The molecule has 1 N–H and O–H groups in total. The molecule has 2 aromatic rings. The number of aryl methyl sites for hydroxylation is 1. The first kappa shape index (κ1) is 16.2. The number of amides is 1. The number of aromatic nitrogens is 3. The third-order valence-corrected chi connectivity index (χ3v) is 4.97. The number of anilines is 1. The molecule has 3 heterocycles. The van der Waals surface area contributed by atoms with E-state index in [1.54, 1.807) is 6.07 Å². The second kappa shape index (κ2) is 6.55. The van der Waals surface area contributed by atoms with Crippen LogP contribution in [0.2, 0.25) is 0 Å². The molecular formula is C18H21FN4O2. The van der Waals surface area contributed by atoms with Crippen molar-refractivity contribution in [1.82, 2.24) is 14.8 Å². The number of fused-ring (bicyclic) bond motifs is 1. The van der Waals surface area contributed by atoms with Gasteiger partial charge >= 0.3 is 0 Å². The molecule has 0 aliphatic carbocycles. The smallest absolute Gasteiger partial charge is 0.225 e. The van der Waals surface area contributed by atoms with Gasteiger partial charge in [-0.1, -0.05) is 0 Å². The molecule has 6 nitrogen and oxygen atoms in total. The van der Waals surface area contributed by atoms with Crippen molar-refractivity contribution in [3.8, 4) is 0 Å². The maximum atomic E-state index is 13.8. The molecule has 1 saturated heterocycles. The van der Waals surface area contributed by atoms with Gasteiger partial charge in [-0.15, -0.1) is 0 Å². The predicted molar refractivity (Wildman–Crippen MR) is 90.0 cm³/mol. The molecule has 1 aromatic heterocycles. The van der Waals surface area contributed by atoms with Crippen molar-refractivity contribution < 1.29 is 13.9 Å². The lowest BCUT2D eigenvalue weighted by molar-refractivity contribution is -0.116. The Morgan fingerprint density at radius 3 is 2.92 bits per heavy atom. The van der Waals surface area contributed by atoms with Crippen LogP contribution in [0, 0.1) is 5.82 Å². The second-order valence-electron chi connectivity index (χ2n) is 6.57. The molecule has 7 heteroatoms. The lowest BCUT2D eigenvalue weighted by Gasteiger charge is -2.25. The van der Waals surface area contributed by atoms with Crippen molar-refractivity contribution in [3.63, 3.8) is 0 Å². The number of rotatable bonds is 3. The molecule has 132 valence electrons. The molecule has 4 rings (SSSR count). The Kier molecular flexibility index (Phi) is 4.25. The fourth-order valence-corrected chi connectivity index (χ4v) is 3.65. The number of nitrogens with zero attached hydrogens (tertiary/aromatic N) is 3. The van der Waals surface area contributed by atoms with Crippen LogP contribution >= 0.6 is 0 Å². The summed E-state index contributed by atoms with van der Waals surface area (Å²) in [6, 6.07) is 4.46. The van der Waals surface area contributed by atoms with E-state index in [0.717, 1.165) is 43.3 Å². The molecular weight excluding hydrogens is 323 g/mol. The molecule has 2 aliphatic heterocycles. The van der Waals surface area contributed by atoms with E-state index in [1.165, 1.54) is 12.1 Å². The third kappa shape index (κ3) is 3.04. The topological polar surface area (TPSA) is 69.0 Å². The van der Waals surface area contributed by atoms with Gasteiger partial charge in [-0.05, 0) is 43.5 Å². The number of ether oxygens (including phenoxy) is 1. The maximum absolute atomic E-state index is 13.8. The summed E-state index contributed by atoms with van der Waals surface area (Å²) in [6.45, 7) is 4.11. The van der Waals surface area contributed by atoms with Crippen LogP contribution in [0.3, 0.4) is 0 Å². The van der Waals surface area contributed by atoms with Crippen LogP contribution in [-0.4, -0.2) is 33.9 Å². The van der Waals surface area contributed by atoms with E-state index >= 15 is 0 Å². The Bertz CT molecular complexity index is 798. The van der Waals surface area contributed by atoms with Gasteiger partial charge in [0.2, 0.25) is 5.91 Å². The molecule has 0 radical (unpaired) electrons. The maximum Gasteiger partial charge on any atom is 0.225 e. The molecule has 1 atom stereocenters. The first-order chi connectivity index (χ1) is 12.2. The number of hydrogen-bond donors (Lipinski definition) is 1. The monoisotopic (exact) mass is 344 g/mol. The zero-order valence-electron chi connectivity index (χ0n) is 14.2. The van der Waals surface area contributed by atoms with Crippen LogP contribution < -0.4 is 5.32 Å². The zero-order valence-corrected chi connectivity index (χ0v) is 14.2. The van der Waals surface area contributed by atoms with Crippen molar-refractivity contribution in [3.05, 3.63) is 41.2 Å². The molecule has 0 spiro atoms. The van der Waals surface area contributed by atoms with Crippen LogP contribution in [0.4, 0.5) is 10.1 Å². The second-order valence-corrected chi connectivity index (χ2v) is 6.57. The molecule has 1 aromatic carbocycles. The summed E-state index contributed by atoms with van der Waals surface area (Å²) < 4.78 is 21.1. The molecule has 0 bridgehead atoms. The molecule has 25 heavy (non-hydrogen) atoms. The van der Waals surface area contributed by atoms with Gasteiger partial charge in [0.05, 0.1) is 5.92 Å². The Balaban J connectivity index is 1.75. The zero-order chi connectivity index (χ0) is 17.4. The first-order valence-electron chi connectivity index (χ1n) is 8.77. The summed E-state index contributed by atoms with van der Waals surface area (Å²) in [5.41, 5.74) is 1.42. The van der Waals surface area contributed by atoms with Gasteiger partial charge < -0.3 is 10.1 Å². The minimum Gasteiger partial charge on any atom is -0.381 e. The molecule has 1 fully saturated rings. The molecule has 0 saturated carbocycles. The highest BCUT2D eigenvalue weighted by atomic mass is 19.1. The first-order valence-corrected chi connectivity index (χ1v) is 8.77. The summed E-state index contributed by atoms with van der Waals surface area (Å²) in [6.07, 6.45) is 2.06. The van der Waals surface area contributed by atoms with Crippen molar-refractivity contribution in [1.29, 1.82) is 0 Å². The summed E-state index contributed by atoms with van der Waals surface area (Å²) in [7, 11) is 0.